The molecule has 0 aromatic rings. The second-order valence-corrected chi connectivity index (χ2v) is 9.07. The lowest BCUT2D eigenvalue weighted by Crippen LogP contribution is -2.68. The summed E-state index contributed by atoms with van der Waals surface area (Å²) in [7, 11) is 0. The highest BCUT2D eigenvalue weighted by atomic mass is 16.7. The number of nitrogens with one attached hydrogen (secondary N) is 1. The molecule has 0 radical (unpaired) electrons. The summed E-state index contributed by atoms with van der Waals surface area (Å²) in [6.07, 6.45) is -23.4. The third-order valence-electron chi connectivity index (χ3n) is 6.49. The lowest BCUT2D eigenvalue weighted by atomic mass is 9.95. The molecule has 3 aliphatic rings. The third-order valence-corrected chi connectivity index (χ3v) is 6.49. The van der Waals surface area contributed by atoms with E-state index in [-0.39, 0.29) is 0 Å². The van der Waals surface area contributed by atoms with Gasteiger partial charge in [0.25, 0.3) is 0 Å². The molecule has 0 aliphatic carbocycles. The topological polar surface area (TPSA) is 278 Å². The average Bonchev–Trinajstić information content (AvgIpc) is 2.86. The summed E-state index contributed by atoms with van der Waals surface area (Å²) in [4.78, 5) is 11.7. The van der Waals surface area contributed by atoms with Crippen LogP contribution in [-0.2, 0) is 28.5 Å². The molecule has 1 amide bonds. The first kappa shape index (κ1) is 30.4. The fourth-order valence-electron chi connectivity index (χ4n) is 4.46. The molecule has 3 aliphatic heterocycles. The van der Waals surface area contributed by atoms with Gasteiger partial charge in [0, 0.05) is 6.92 Å². The van der Waals surface area contributed by atoms with Crippen molar-refractivity contribution < 1.29 is 79.5 Å². The number of carbonyl (C=O) groups is 1. The molecule has 3 heterocycles. The molecule has 0 saturated carbocycles. The highest BCUT2D eigenvalue weighted by Gasteiger charge is 2.53. The zero-order valence-corrected chi connectivity index (χ0v) is 19.7. The van der Waals surface area contributed by atoms with Crippen LogP contribution in [0.2, 0.25) is 0 Å². The first-order chi connectivity index (χ1) is 17.4. The predicted molar refractivity (Wildman–Crippen MR) is 113 cm³/mol. The SMILES string of the molecule is CC(=O)N[C@H]1C(O[C@H]2[C@@H](O)[C@@H](CO)O[C@@H](O[C@H]3[C@H](O)[C@@H](O)C(O)O[C@@H]3CO)[C@@H]2O)O[C@H](CO)[C@@H](O)[C@@H]1O. The number of hydrogen-bond donors (Lipinski definition) is 11. The molecular weight excluding hydrogens is 510 g/mol. The summed E-state index contributed by atoms with van der Waals surface area (Å²) in [6, 6.07) is -1.42. The van der Waals surface area contributed by atoms with Crippen LogP contribution < -0.4 is 5.32 Å². The Balaban J connectivity index is 1.83. The smallest absolute Gasteiger partial charge is 0.217 e. The van der Waals surface area contributed by atoms with Crippen molar-refractivity contribution in [3.63, 3.8) is 0 Å². The van der Waals surface area contributed by atoms with Gasteiger partial charge in [-0.2, -0.15) is 0 Å². The number of aliphatic hydroxyl groups is 10. The van der Waals surface area contributed by atoms with Crippen molar-refractivity contribution >= 4 is 5.91 Å². The maximum absolute atomic E-state index is 11.7. The first-order valence-corrected chi connectivity index (χ1v) is 11.6. The molecule has 17 nitrogen and oxygen atoms in total. The van der Waals surface area contributed by atoms with Gasteiger partial charge in [0.05, 0.1) is 19.8 Å². The van der Waals surface area contributed by atoms with Crippen LogP contribution in [0.5, 0.6) is 0 Å². The van der Waals surface area contributed by atoms with Gasteiger partial charge in [0.2, 0.25) is 5.91 Å². The Kier molecular flexibility index (Phi) is 10.5. The molecular formula is C20H35NO16. The second-order valence-electron chi connectivity index (χ2n) is 9.07. The fraction of sp³-hybridized carbons (Fsp3) is 0.950. The van der Waals surface area contributed by atoms with Crippen molar-refractivity contribution in [2.75, 3.05) is 19.8 Å². The molecule has 17 heteroatoms. The highest BCUT2D eigenvalue weighted by Crippen LogP contribution is 2.32. The third kappa shape index (κ3) is 6.38. The van der Waals surface area contributed by atoms with Crippen molar-refractivity contribution in [2.45, 2.75) is 99.0 Å². The molecule has 216 valence electrons. The van der Waals surface area contributed by atoms with E-state index in [1.807, 2.05) is 0 Å². The van der Waals surface area contributed by atoms with Crippen molar-refractivity contribution in [2.24, 2.45) is 0 Å². The minimum atomic E-state index is -1.91. The monoisotopic (exact) mass is 545 g/mol. The van der Waals surface area contributed by atoms with Gasteiger partial charge in [0.1, 0.15) is 73.2 Å². The maximum Gasteiger partial charge on any atom is 0.217 e. The van der Waals surface area contributed by atoms with Crippen LogP contribution in [0.1, 0.15) is 6.92 Å². The maximum atomic E-state index is 11.7. The summed E-state index contributed by atoms with van der Waals surface area (Å²) < 4.78 is 27.0. The predicted octanol–water partition coefficient (Wildman–Crippen LogP) is -7.43. The molecule has 15 atom stereocenters. The zero-order chi connectivity index (χ0) is 27.6. The fourth-order valence-corrected chi connectivity index (χ4v) is 4.46. The minimum Gasteiger partial charge on any atom is -0.394 e. The van der Waals surface area contributed by atoms with Crippen LogP contribution in [0.4, 0.5) is 0 Å². The van der Waals surface area contributed by atoms with Gasteiger partial charge in [-0.3, -0.25) is 4.79 Å². The van der Waals surface area contributed by atoms with Gasteiger partial charge >= 0.3 is 0 Å². The van der Waals surface area contributed by atoms with Crippen LogP contribution in [0, 0.1) is 0 Å². The first-order valence-electron chi connectivity index (χ1n) is 11.6. The Morgan fingerprint density at radius 3 is 1.76 bits per heavy atom. The van der Waals surface area contributed by atoms with Gasteiger partial charge < -0.3 is 80.1 Å². The van der Waals surface area contributed by atoms with Crippen LogP contribution in [0.15, 0.2) is 0 Å². The van der Waals surface area contributed by atoms with Gasteiger partial charge in [-0.15, -0.1) is 0 Å². The molecule has 11 N–H and O–H groups in total. The molecule has 0 aromatic heterocycles. The minimum absolute atomic E-state index is 0.652. The summed E-state index contributed by atoms with van der Waals surface area (Å²) in [6.45, 7) is -1.25. The molecule has 2 unspecified atom stereocenters. The lowest BCUT2D eigenvalue weighted by Gasteiger charge is -2.48. The molecule has 37 heavy (non-hydrogen) atoms. The summed E-state index contributed by atoms with van der Waals surface area (Å²) in [5.41, 5.74) is 0. The number of ether oxygens (including phenoxy) is 5. The van der Waals surface area contributed by atoms with E-state index in [2.05, 4.69) is 5.32 Å². The number of amides is 1. The largest absolute Gasteiger partial charge is 0.394 e. The molecule has 0 aromatic carbocycles. The average molecular weight is 545 g/mol. The molecule has 3 fully saturated rings. The standard InChI is InChI=1S/C20H35NO16/c1-5(25)21-9-12(28)10(26)6(2-22)34-19(9)37-17-11(27)7(3-23)35-20(15(17)31)36-16-8(4-24)33-18(32)14(30)13(16)29/h6-20,22-24,26-32H,2-4H2,1H3,(H,21,25)/t6-,7-,8-,9-,10-,11+,12-,13-,14-,15-,16-,17+,18?,19?,20+/m1/s1. The van der Waals surface area contributed by atoms with E-state index in [0.29, 0.717) is 0 Å². The Hall–Kier alpha value is -1.13. The van der Waals surface area contributed by atoms with Gasteiger partial charge in [-0.05, 0) is 0 Å². The molecule has 3 saturated heterocycles. The van der Waals surface area contributed by atoms with Crippen LogP contribution in [0.25, 0.3) is 0 Å². The van der Waals surface area contributed by atoms with Crippen molar-refractivity contribution in [3.05, 3.63) is 0 Å². The van der Waals surface area contributed by atoms with Crippen molar-refractivity contribution in [3.8, 4) is 0 Å². The van der Waals surface area contributed by atoms with E-state index in [9.17, 15) is 55.9 Å². The van der Waals surface area contributed by atoms with Crippen LogP contribution in [-0.4, -0.2) is 169 Å². The molecule has 3 rings (SSSR count). The quantitative estimate of drug-likeness (QED) is 0.135. The number of carbonyl (C=O) groups excluding carboxylic acids is 1. The zero-order valence-electron chi connectivity index (χ0n) is 19.7. The van der Waals surface area contributed by atoms with E-state index >= 15 is 0 Å². The van der Waals surface area contributed by atoms with Crippen molar-refractivity contribution in [1.29, 1.82) is 0 Å². The van der Waals surface area contributed by atoms with E-state index in [1.54, 1.807) is 0 Å². The number of rotatable bonds is 8. The van der Waals surface area contributed by atoms with E-state index < -0.39 is 118 Å². The highest BCUT2D eigenvalue weighted by molar-refractivity contribution is 5.73. The molecule has 0 bridgehead atoms. The summed E-state index contributed by atoms with van der Waals surface area (Å²) in [5, 5.41) is 103. The summed E-state index contributed by atoms with van der Waals surface area (Å²) in [5.74, 6) is -0.652. The number of aliphatic hydroxyl groups excluding tert-OH is 10. The number of hydrogen-bond acceptors (Lipinski definition) is 16. The van der Waals surface area contributed by atoms with E-state index in [1.165, 1.54) is 0 Å². The van der Waals surface area contributed by atoms with Crippen molar-refractivity contribution in [1.82, 2.24) is 5.32 Å². The second kappa shape index (κ2) is 12.8. The van der Waals surface area contributed by atoms with E-state index in [0.717, 1.165) is 6.92 Å². The van der Waals surface area contributed by atoms with Crippen LogP contribution in [0.3, 0.4) is 0 Å². The molecule has 0 spiro atoms. The Bertz CT molecular complexity index is 745. The Morgan fingerprint density at radius 1 is 0.649 bits per heavy atom. The Morgan fingerprint density at radius 2 is 1.19 bits per heavy atom. The van der Waals surface area contributed by atoms with Crippen LogP contribution >= 0.6 is 0 Å². The van der Waals surface area contributed by atoms with Gasteiger partial charge in [0.15, 0.2) is 18.9 Å². The van der Waals surface area contributed by atoms with Gasteiger partial charge in [-0.1, -0.05) is 0 Å². The van der Waals surface area contributed by atoms with Gasteiger partial charge in [-0.25, -0.2) is 0 Å². The lowest BCUT2D eigenvalue weighted by molar-refractivity contribution is -0.373. The van der Waals surface area contributed by atoms with E-state index in [4.69, 9.17) is 23.7 Å². The Labute approximate surface area is 210 Å². The normalized spacial score (nSPS) is 49.0. The summed E-state index contributed by atoms with van der Waals surface area (Å²) >= 11 is 0.